The van der Waals surface area contributed by atoms with Crippen LogP contribution in [0.4, 0.5) is 0 Å². The van der Waals surface area contributed by atoms with Crippen LogP contribution in [0.5, 0.6) is 0 Å². The Morgan fingerprint density at radius 2 is 2.14 bits per heavy atom. The molecule has 3 heterocycles. The van der Waals surface area contributed by atoms with Crippen molar-refractivity contribution in [2.24, 2.45) is 0 Å². The van der Waals surface area contributed by atoms with Gasteiger partial charge in [-0.05, 0) is 28.1 Å². The van der Waals surface area contributed by atoms with E-state index in [0.29, 0.717) is 0 Å². The molecule has 2 aromatic rings. The van der Waals surface area contributed by atoms with Crippen molar-refractivity contribution in [2.45, 2.75) is 45.7 Å². The minimum Gasteiger partial charge on any atom is -0.293 e. The molecule has 112 valence electrons. The number of aromatic nitrogens is 2. The van der Waals surface area contributed by atoms with Gasteiger partial charge in [0.05, 0.1) is 3.79 Å². The number of fused-ring (bicyclic) bond motifs is 1. The third kappa shape index (κ3) is 3.52. The average molecular weight is 366 g/mol. The van der Waals surface area contributed by atoms with E-state index in [1.54, 1.807) is 0 Å². The molecule has 0 N–H and O–H groups in total. The summed E-state index contributed by atoms with van der Waals surface area (Å²) < 4.78 is 1.20. The summed E-state index contributed by atoms with van der Waals surface area (Å²) >= 11 is 5.34. The highest BCUT2D eigenvalue weighted by Crippen LogP contribution is 2.26. The van der Waals surface area contributed by atoms with E-state index in [1.807, 2.05) is 17.5 Å². The molecule has 0 saturated heterocycles. The summed E-state index contributed by atoms with van der Waals surface area (Å²) in [6, 6.07) is 4.32. The largest absolute Gasteiger partial charge is 0.293 e. The number of hydrogen-bond acceptors (Lipinski definition) is 4. The second-order valence-electron chi connectivity index (χ2n) is 6.58. The summed E-state index contributed by atoms with van der Waals surface area (Å²) in [5.74, 6) is 0.955. The summed E-state index contributed by atoms with van der Waals surface area (Å²) in [6.45, 7) is 9.53. The lowest BCUT2D eigenvalue weighted by atomic mass is 9.95. The van der Waals surface area contributed by atoms with Gasteiger partial charge in [0.25, 0.3) is 0 Å². The van der Waals surface area contributed by atoms with Crippen molar-refractivity contribution in [3.63, 3.8) is 0 Å². The molecule has 0 amide bonds. The molecule has 1 aliphatic rings. The Morgan fingerprint density at radius 1 is 1.33 bits per heavy atom. The molecule has 21 heavy (non-hydrogen) atoms. The molecule has 0 saturated carbocycles. The van der Waals surface area contributed by atoms with Crippen LogP contribution in [0, 0.1) is 0 Å². The van der Waals surface area contributed by atoms with Crippen LogP contribution in [0.15, 0.2) is 22.1 Å². The van der Waals surface area contributed by atoms with Gasteiger partial charge in [-0.2, -0.15) is 0 Å². The van der Waals surface area contributed by atoms with E-state index in [4.69, 9.17) is 4.98 Å². The minimum absolute atomic E-state index is 0.0232. The first kappa shape index (κ1) is 15.1. The first-order valence-corrected chi connectivity index (χ1v) is 8.84. The van der Waals surface area contributed by atoms with Crippen molar-refractivity contribution in [3.8, 4) is 0 Å². The monoisotopic (exact) mass is 365 g/mol. The van der Waals surface area contributed by atoms with E-state index in [9.17, 15) is 0 Å². The van der Waals surface area contributed by atoms with Crippen LogP contribution in [0.2, 0.25) is 0 Å². The second-order valence-corrected chi connectivity index (χ2v) is 9.13. The molecule has 3 nitrogen and oxygen atoms in total. The van der Waals surface area contributed by atoms with Gasteiger partial charge in [0.2, 0.25) is 0 Å². The maximum atomic E-state index is 4.79. The van der Waals surface area contributed by atoms with Gasteiger partial charge in [0.15, 0.2) is 0 Å². The number of nitrogens with zero attached hydrogens (tertiary/aromatic N) is 3. The Bertz CT molecular complexity index is 645. The van der Waals surface area contributed by atoms with Crippen LogP contribution in [-0.2, 0) is 24.9 Å². The van der Waals surface area contributed by atoms with Gasteiger partial charge in [-0.1, -0.05) is 20.8 Å². The third-order valence-electron chi connectivity index (χ3n) is 3.69. The molecular formula is C16H20BrN3S. The summed E-state index contributed by atoms with van der Waals surface area (Å²) in [5.41, 5.74) is 2.54. The van der Waals surface area contributed by atoms with E-state index in [2.05, 4.69) is 58.7 Å². The van der Waals surface area contributed by atoms with E-state index in [-0.39, 0.29) is 5.41 Å². The van der Waals surface area contributed by atoms with E-state index < -0.39 is 0 Å². The Balaban J connectivity index is 1.74. The quantitative estimate of drug-likeness (QED) is 0.799. The fourth-order valence-corrected chi connectivity index (χ4v) is 4.05. The molecule has 0 fully saturated rings. The Labute approximate surface area is 138 Å². The molecule has 0 aromatic carbocycles. The molecule has 5 heteroatoms. The molecule has 0 bridgehead atoms. The smallest absolute Gasteiger partial charge is 0.133 e. The SMILES string of the molecule is CC(C)(C)c1ncc2c(n1)CCN(Cc1ccc(Br)s1)C2. The van der Waals surface area contributed by atoms with Crippen LogP contribution >= 0.6 is 27.3 Å². The number of thiophene rings is 1. The maximum Gasteiger partial charge on any atom is 0.133 e. The Hall–Kier alpha value is -0.780. The lowest BCUT2D eigenvalue weighted by Crippen LogP contribution is -2.31. The summed E-state index contributed by atoms with van der Waals surface area (Å²) in [4.78, 5) is 13.2. The minimum atomic E-state index is 0.0232. The van der Waals surface area contributed by atoms with Crippen LogP contribution in [0.3, 0.4) is 0 Å². The van der Waals surface area contributed by atoms with Gasteiger partial charge < -0.3 is 0 Å². The zero-order chi connectivity index (χ0) is 15.0. The van der Waals surface area contributed by atoms with E-state index in [1.165, 1.54) is 19.9 Å². The molecule has 2 aromatic heterocycles. The van der Waals surface area contributed by atoms with Crippen LogP contribution in [0.1, 0.15) is 42.7 Å². The molecular weight excluding hydrogens is 346 g/mol. The van der Waals surface area contributed by atoms with Crippen LogP contribution in [0.25, 0.3) is 0 Å². The normalized spacial score (nSPS) is 16.0. The molecule has 0 spiro atoms. The van der Waals surface area contributed by atoms with Crippen molar-refractivity contribution >= 4 is 27.3 Å². The zero-order valence-electron chi connectivity index (χ0n) is 12.7. The lowest BCUT2D eigenvalue weighted by molar-refractivity contribution is 0.244. The molecule has 0 aliphatic carbocycles. The van der Waals surface area contributed by atoms with E-state index >= 15 is 0 Å². The van der Waals surface area contributed by atoms with Gasteiger partial charge in [-0.25, -0.2) is 9.97 Å². The maximum absolute atomic E-state index is 4.79. The van der Waals surface area contributed by atoms with Gasteiger partial charge in [0.1, 0.15) is 5.82 Å². The van der Waals surface area contributed by atoms with Gasteiger partial charge in [0, 0.05) is 53.8 Å². The molecule has 1 aliphatic heterocycles. The standard InChI is InChI=1S/C16H20BrN3S/c1-16(2,3)15-18-8-11-9-20(7-6-13(11)19-15)10-12-4-5-14(17)21-12/h4-5,8H,6-7,9-10H2,1-3H3. The topological polar surface area (TPSA) is 29.0 Å². The predicted molar refractivity (Wildman–Crippen MR) is 90.6 cm³/mol. The summed E-state index contributed by atoms with van der Waals surface area (Å²) in [5, 5.41) is 0. The highest BCUT2D eigenvalue weighted by atomic mass is 79.9. The fraction of sp³-hybridized carbons (Fsp3) is 0.500. The highest BCUT2D eigenvalue weighted by molar-refractivity contribution is 9.11. The summed E-state index contributed by atoms with van der Waals surface area (Å²) in [6.07, 6.45) is 3.05. The number of rotatable bonds is 2. The van der Waals surface area contributed by atoms with Crippen molar-refractivity contribution in [1.29, 1.82) is 0 Å². The number of halogens is 1. The number of hydrogen-bond donors (Lipinski definition) is 0. The average Bonchev–Trinajstić information content (AvgIpc) is 2.82. The highest BCUT2D eigenvalue weighted by Gasteiger charge is 2.23. The molecule has 3 rings (SSSR count). The van der Waals surface area contributed by atoms with Gasteiger partial charge in [-0.3, -0.25) is 4.90 Å². The first-order valence-electron chi connectivity index (χ1n) is 7.23. The van der Waals surface area contributed by atoms with Crippen LogP contribution < -0.4 is 0 Å². The van der Waals surface area contributed by atoms with Crippen molar-refractivity contribution in [3.05, 3.63) is 44.1 Å². The fourth-order valence-electron chi connectivity index (χ4n) is 2.53. The van der Waals surface area contributed by atoms with Crippen molar-refractivity contribution in [1.82, 2.24) is 14.9 Å². The van der Waals surface area contributed by atoms with Gasteiger partial charge in [-0.15, -0.1) is 11.3 Å². The Morgan fingerprint density at radius 3 is 2.81 bits per heavy atom. The van der Waals surface area contributed by atoms with Crippen LogP contribution in [-0.4, -0.2) is 21.4 Å². The Kier molecular flexibility index (Phi) is 4.17. The summed E-state index contributed by atoms with van der Waals surface area (Å²) in [7, 11) is 0. The lowest BCUT2D eigenvalue weighted by Gasteiger charge is -2.28. The molecule has 0 atom stereocenters. The van der Waals surface area contributed by atoms with E-state index in [0.717, 1.165) is 31.9 Å². The van der Waals surface area contributed by atoms with Gasteiger partial charge >= 0.3 is 0 Å². The zero-order valence-corrected chi connectivity index (χ0v) is 15.1. The second kappa shape index (κ2) is 5.78. The van der Waals surface area contributed by atoms with Crippen molar-refractivity contribution in [2.75, 3.05) is 6.54 Å². The molecule has 0 unspecified atom stereocenters. The van der Waals surface area contributed by atoms with Crippen molar-refractivity contribution < 1.29 is 0 Å². The first-order chi connectivity index (χ1) is 9.91. The third-order valence-corrected chi connectivity index (χ3v) is 5.30. The molecule has 0 radical (unpaired) electrons. The predicted octanol–water partition coefficient (Wildman–Crippen LogP) is 4.16.